The number of carbonyl (C=O) groups is 1. The molecule has 2 aliphatic heterocycles. The number of hydrogen-bond acceptors (Lipinski definition) is 5. The molecule has 0 amide bonds. The standard InChI is InChI=1S/C21H24N2O3/c1-12-4-2-3-5-17(12)19-18(20(26-23-19)13-6-7-13)21(24)25-16-10-14-8-9-15(11-16)22-14/h2-5,13-16,22H,6-11H2,1H3/t14-,15+,16?. The molecule has 2 bridgehead atoms. The zero-order chi connectivity index (χ0) is 17.7. The van der Waals surface area contributed by atoms with Gasteiger partial charge in [0.1, 0.15) is 17.4 Å². The Kier molecular flexibility index (Phi) is 3.85. The fraction of sp³-hybridized carbons (Fsp3) is 0.524. The third-order valence-corrected chi connectivity index (χ3v) is 5.97. The summed E-state index contributed by atoms with van der Waals surface area (Å²) in [7, 11) is 0. The number of fused-ring (bicyclic) bond motifs is 2. The molecule has 1 aliphatic carbocycles. The highest BCUT2D eigenvalue weighted by Crippen LogP contribution is 2.44. The monoisotopic (exact) mass is 352 g/mol. The van der Waals surface area contributed by atoms with Gasteiger partial charge in [0.2, 0.25) is 0 Å². The number of carbonyl (C=O) groups excluding carboxylic acids is 1. The van der Waals surface area contributed by atoms with Crippen molar-refractivity contribution in [3.8, 4) is 11.3 Å². The molecule has 5 heteroatoms. The minimum absolute atomic E-state index is 0.00655. The fourth-order valence-electron chi connectivity index (χ4n) is 4.46. The summed E-state index contributed by atoms with van der Waals surface area (Å²) in [6.45, 7) is 2.03. The van der Waals surface area contributed by atoms with E-state index in [9.17, 15) is 4.79 Å². The molecule has 5 nitrogen and oxygen atoms in total. The van der Waals surface area contributed by atoms with Gasteiger partial charge in [-0.15, -0.1) is 0 Å². The van der Waals surface area contributed by atoms with Gasteiger partial charge >= 0.3 is 5.97 Å². The first-order valence-corrected chi connectivity index (χ1v) is 9.71. The van der Waals surface area contributed by atoms with Crippen molar-refractivity contribution >= 4 is 5.97 Å². The number of hydrogen-bond donors (Lipinski definition) is 1. The molecule has 0 radical (unpaired) electrons. The number of nitrogens with zero attached hydrogens (tertiary/aromatic N) is 1. The van der Waals surface area contributed by atoms with Crippen molar-refractivity contribution in [1.82, 2.24) is 10.5 Å². The van der Waals surface area contributed by atoms with E-state index in [-0.39, 0.29) is 12.1 Å². The fourth-order valence-corrected chi connectivity index (χ4v) is 4.46. The van der Waals surface area contributed by atoms with Crippen molar-refractivity contribution in [2.45, 2.75) is 69.6 Å². The van der Waals surface area contributed by atoms with Crippen LogP contribution in [0.5, 0.6) is 0 Å². The van der Waals surface area contributed by atoms with Gasteiger partial charge in [-0.25, -0.2) is 4.79 Å². The number of rotatable bonds is 4. The average Bonchev–Trinajstić information content (AvgIpc) is 3.29. The highest BCUT2D eigenvalue weighted by atomic mass is 16.5. The van der Waals surface area contributed by atoms with Crippen LogP contribution in [0, 0.1) is 6.92 Å². The van der Waals surface area contributed by atoms with E-state index in [1.807, 2.05) is 31.2 Å². The number of piperidine rings is 1. The third-order valence-electron chi connectivity index (χ3n) is 5.97. The predicted molar refractivity (Wildman–Crippen MR) is 97.0 cm³/mol. The molecular weight excluding hydrogens is 328 g/mol. The van der Waals surface area contributed by atoms with Crippen molar-refractivity contribution < 1.29 is 14.1 Å². The van der Waals surface area contributed by atoms with E-state index in [1.54, 1.807) is 0 Å². The van der Waals surface area contributed by atoms with Gasteiger partial charge in [0, 0.05) is 23.6 Å². The normalized spacial score (nSPS) is 27.5. The quantitative estimate of drug-likeness (QED) is 0.844. The molecule has 2 aromatic rings. The van der Waals surface area contributed by atoms with Crippen molar-refractivity contribution in [2.24, 2.45) is 0 Å². The first-order valence-electron chi connectivity index (χ1n) is 9.71. The minimum Gasteiger partial charge on any atom is -0.459 e. The van der Waals surface area contributed by atoms with E-state index in [2.05, 4.69) is 10.5 Å². The molecule has 2 saturated heterocycles. The topological polar surface area (TPSA) is 64.4 Å². The Balaban J connectivity index is 1.46. The van der Waals surface area contributed by atoms with Gasteiger partial charge in [0.25, 0.3) is 0 Å². The Morgan fingerprint density at radius 3 is 2.58 bits per heavy atom. The summed E-state index contributed by atoms with van der Waals surface area (Å²) in [5.74, 6) is 0.759. The van der Waals surface area contributed by atoms with Crippen molar-refractivity contribution in [3.05, 3.63) is 41.2 Å². The van der Waals surface area contributed by atoms with Crippen LogP contribution in [-0.4, -0.2) is 29.3 Å². The Labute approximate surface area is 153 Å². The zero-order valence-electron chi connectivity index (χ0n) is 15.0. The van der Waals surface area contributed by atoms with Crippen LogP contribution >= 0.6 is 0 Å². The molecule has 1 unspecified atom stereocenters. The minimum atomic E-state index is -0.266. The Morgan fingerprint density at radius 2 is 1.88 bits per heavy atom. The molecule has 136 valence electrons. The molecule has 5 rings (SSSR count). The maximum absolute atomic E-state index is 13.1. The van der Waals surface area contributed by atoms with E-state index >= 15 is 0 Å². The lowest BCUT2D eigenvalue weighted by molar-refractivity contribution is 0.0175. The molecule has 1 aromatic heterocycles. The zero-order valence-corrected chi connectivity index (χ0v) is 15.0. The number of nitrogens with one attached hydrogen (secondary N) is 1. The van der Waals surface area contributed by atoms with E-state index in [0.29, 0.717) is 35.0 Å². The summed E-state index contributed by atoms with van der Waals surface area (Å²) < 4.78 is 11.6. The lowest BCUT2D eigenvalue weighted by Crippen LogP contribution is -2.42. The van der Waals surface area contributed by atoms with E-state index < -0.39 is 0 Å². The lowest BCUT2D eigenvalue weighted by Gasteiger charge is -2.28. The van der Waals surface area contributed by atoms with Crippen LogP contribution < -0.4 is 5.32 Å². The molecule has 1 saturated carbocycles. The maximum atomic E-state index is 13.1. The van der Waals surface area contributed by atoms with Crippen LogP contribution in [0.3, 0.4) is 0 Å². The molecule has 3 heterocycles. The van der Waals surface area contributed by atoms with E-state index in [4.69, 9.17) is 9.26 Å². The summed E-state index contributed by atoms with van der Waals surface area (Å²) in [6.07, 6.45) is 6.30. The van der Waals surface area contributed by atoms with Crippen LogP contribution in [0.15, 0.2) is 28.8 Å². The highest BCUT2D eigenvalue weighted by molar-refractivity contribution is 5.98. The summed E-state index contributed by atoms with van der Waals surface area (Å²) in [5, 5.41) is 7.87. The third kappa shape index (κ3) is 2.84. The smallest absolute Gasteiger partial charge is 0.344 e. The van der Waals surface area contributed by atoms with Gasteiger partial charge in [0.05, 0.1) is 0 Å². The van der Waals surface area contributed by atoms with Gasteiger partial charge in [-0.1, -0.05) is 29.4 Å². The molecule has 0 spiro atoms. The number of benzene rings is 1. The number of aryl methyl sites for hydroxylation is 1. The second-order valence-corrected chi connectivity index (χ2v) is 8.00. The predicted octanol–water partition coefficient (Wildman–Crippen LogP) is 3.97. The largest absolute Gasteiger partial charge is 0.459 e. The van der Waals surface area contributed by atoms with Gasteiger partial charge in [-0.2, -0.15) is 0 Å². The SMILES string of the molecule is Cc1ccccc1-c1noc(C2CC2)c1C(=O)OC1C[C@H]2CC[C@@H](C1)N2. The average molecular weight is 352 g/mol. The summed E-state index contributed by atoms with van der Waals surface area (Å²) in [4.78, 5) is 13.1. The van der Waals surface area contributed by atoms with E-state index in [0.717, 1.165) is 36.8 Å². The van der Waals surface area contributed by atoms with Crippen LogP contribution in [-0.2, 0) is 4.74 Å². The summed E-state index contributed by atoms with van der Waals surface area (Å²) in [5.41, 5.74) is 3.21. The second-order valence-electron chi connectivity index (χ2n) is 8.00. The first kappa shape index (κ1) is 16.1. The van der Waals surface area contributed by atoms with Crippen molar-refractivity contribution in [1.29, 1.82) is 0 Å². The van der Waals surface area contributed by atoms with Crippen LogP contribution in [0.25, 0.3) is 11.3 Å². The Morgan fingerprint density at radius 1 is 1.15 bits per heavy atom. The molecule has 26 heavy (non-hydrogen) atoms. The van der Waals surface area contributed by atoms with Gasteiger partial charge in [-0.3, -0.25) is 0 Å². The highest BCUT2D eigenvalue weighted by Gasteiger charge is 2.39. The molecule has 3 aliphatic rings. The number of esters is 1. The molecule has 1 aromatic carbocycles. The van der Waals surface area contributed by atoms with Gasteiger partial charge < -0.3 is 14.6 Å². The van der Waals surface area contributed by atoms with Gasteiger partial charge in [0.15, 0.2) is 5.76 Å². The molecular formula is C21H24N2O3. The van der Waals surface area contributed by atoms with Crippen LogP contribution in [0.1, 0.15) is 66.1 Å². The molecule has 1 N–H and O–H groups in total. The summed E-state index contributed by atoms with van der Waals surface area (Å²) >= 11 is 0. The number of ether oxygens (including phenoxy) is 1. The molecule has 3 fully saturated rings. The van der Waals surface area contributed by atoms with Crippen LogP contribution in [0.2, 0.25) is 0 Å². The first-order chi connectivity index (χ1) is 12.7. The molecule has 3 atom stereocenters. The van der Waals surface area contributed by atoms with Crippen molar-refractivity contribution in [3.63, 3.8) is 0 Å². The summed E-state index contributed by atoms with van der Waals surface area (Å²) in [6, 6.07) is 8.96. The Hall–Kier alpha value is -2.14. The van der Waals surface area contributed by atoms with Crippen LogP contribution in [0.4, 0.5) is 0 Å². The van der Waals surface area contributed by atoms with Gasteiger partial charge in [-0.05, 0) is 51.0 Å². The second kappa shape index (κ2) is 6.23. The maximum Gasteiger partial charge on any atom is 0.344 e. The number of aromatic nitrogens is 1. The Bertz CT molecular complexity index is 828. The van der Waals surface area contributed by atoms with Crippen molar-refractivity contribution in [2.75, 3.05) is 0 Å². The lowest BCUT2D eigenvalue weighted by atomic mass is 9.99. The van der Waals surface area contributed by atoms with E-state index in [1.165, 1.54) is 12.8 Å².